The van der Waals surface area contributed by atoms with Crippen LogP contribution >= 0.6 is 11.8 Å². The van der Waals surface area contributed by atoms with Crippen LogP contribution in [0.2, 0.25) is 0 Å². The molecule has 1 heterocycles. The Hall–Kier alpha value is -2.84. The van der Waals surface area contributed by atoms with E-state index in [0.717, 1.165) is 65.1 Å². The Bertz CT molecular complexity index is 1380. The minimum absolute atomic E-state index is 0.0136. The number of carbonyl (C=O) groups is 1. The van der Waals surface area contributed by atoms with Crippen molar-refractivity contribution in [1.82, 2.24) is 5.32 Å². The van der Waals surface area contributed by atoms with Gasteiger partial charge in [-0.05, 0) is 91.7 Å². The number of hydrogen-bond donors (Lipinski definition) is 3. The Morgan fingerprint density at radius 3 is 2.26 bits per heavy atom. The molecule has 0 spiro atoms. The van der Waals surface area contributed by atoms with Gasteiger partial charge in [0.05, 0.1) is 18.8 Å². The summed E-state index contributed by atoms with van der Waals surface area (Å²) in [7, 11) is 0. The van der Waals surface area contributed by atoms with Crippen LogP contribution in [-0.2, 0) is 16.1 Å². The highest BCUT2D eigenvalue weighted by Gasteiger charge is 2.51. The van der Waals surface area contributed by atoms with E-state index in [1.807, 2.05) is 54.6 Å². The zero-order valence-corrected chi connectivity index (χ0v) is 25.6. The van der Waals surface area contributed by atoms with E-state index in [4.69, 9.17) is 9.47 Å². The molecule has 43 heavy (non-hydrogen) atoms. The van der Waals surface area contributed by atoms with Crippen molar-refractivity contribution in [2.24, 2.45) is 23.7 Å². The lowest BCUT2D eigenvalue weighted by molar-refractivity contribution is -0.268. The van der Waals surface area contributed by atoms with Gasteiger partial charge in [-0.2, -0.15) is 0 Å². The number of benzene rings is 3. The van der Waals surface area contributed by atoms with Gasteiger partial charge in [-0.3, -0.25) is 0 Å². The topological polar surface area (TPSA) is 79.8 Å². The van der Waals surface area contributed by atoms with Crippen LogP contribution < -0.4 is 10.6 Å². The van der Waals surface area contributed by atoms with E-state index in [-0.39, 0.29) is 36.3 Å². The minimum Gasteiger partial charge on any atom is -0.392 e. The maximum absolute atomic E-state index is 13.3. The van der Waals surface area contributed by atoms with Crippen molar-refractivity contribution in [2.45, 2.75) is 81.0 Å². The molecule has 0 radical (unpaired) electrons. The van der Waals surface area contributed by atoms with Crippen LogP contribution in [0.4, 0.5) is 10.5 Å². The lowest BCUT2D eigenvalue weighted by Gasteiger charge is -2.56. The number of aliphatic hydroxyl groups is 1. The highest BCUT2D eigenvalue weighted by atomic mass is 32.2. The molecule has 5 fully saturated rings. The Morgan fingerprint density at radius 2 is 1.58 bits per heavy atom. The van der Waals surface area contributed by atoms with Gasteiger partial charge in [0.1, 0.15) is 0 Å². The number of nitrogens with one attached hydrogen (secondary N) is 2. The number of urea groups is 1. The fraction of sp³-hybridized carbons (Fsp3) is 0.472. The smallest absolute Gasteiger partial charge is 0.319 e. The molecule has 4 saturated carbocycles. The number of carbonyl (C=O) groups excluding carboxylic acids is 1. The predicted molar refractivity (Wildman–Crippen MR) is 170 cm³/mol. The van der Waals surface area contributed by atoms with Crippen molar-refractivity contribution in [3.8, 4) is 0 Å². The standard InChI is InChI=1S/C36H42N2O4S/c1-23-32(22-43-31-8-3-2-4-9-31)41-34(42-33(23)28-12-10-24(21-39)11-13-28)29-6-5-7-30(17-29)37-35(40)38-36-18-25-14-26(19-36)16-27(15-25)20-36/h2-13,17,23,25-27,32-34,39H,14-16,18-22H2,1H3,(H2,37,38,40). The second-order valence-electron chi connectivity index (χ2n) is 13.3. The first-order valence-corrected chi connectivity index (χ1v) is 16.8. The SMILES string of the molecule is CC1C(CSc2ccccc2)OC(c2cccc(NC(=O)NC34CC5CC(CC(C5)C3)C4)c2)OC1c1ccc(CO)cc1. The van der Waals surface area contributed by atoms with Crippen LogP contribution in [0.25, 0.3) is 0 Å². The summed E-state index contributed by atoms with van der Waals surface area (Å²) in [5, 5.41) is 16.1. The Labute approximate surface area is 258 Å². The molecular formula is C36H42N2O4S. The first-order chi connectivity index (χ1) is 20.9. The van der Waals surface area contributed by atoms with Crippen molar-refractivity contribution in [3.63, 3.8) is 0 Å². The summed E-state index contributed by atoms with van der Waals surface area (Å²) in [6.45, 7) is 2.20. The molecule has 0 aromatic heterocycles. The number of hydrogen-bond acceptors (Lipinski definition) is 5. The first kappa shape index (κ1) is 28.9. The van der Waals surface area contributed by atoms with Gasteiger partial charge >= 0.3 is 6.03 Å². The molecule has 1 aliphatic heterocycles. The second-order valence-corrected chi connectivity index (χ2v) is 14.4. The fourth-order valence-corrected chi connectivity index (χ4v) is 9.52. The van der Waals surface area contributed by atoms with E-state index < -0.39 is 6.29 Å². The second kappa shape index (κ2) is 12.3. The number of aliphatic hydroxyl groups excluding tert-OH is 1. The van der Waals surface area contributed by atoms with E-state index >= 15 is 0 Å². The molecule has 3 N–H and O–H groups in total. The van der Waals surface area contributed by atoms with Crippen LogP contribution in [-0.4, -0.2) is 28.5 Å². The van der Waals surface area contributed by atoms with Crippen LogP contribution in [0.3, 0.4) is 0 Å². The average Bonchev–Trinajstić information content (AvgIpc) is 3.00. The quantitative estimate of drug-likeness (QED) is 0.230. The predicted octanol–water partition coefficient (Wildman–Crippen LogP) is 7.85. The molecule has 4 bridgehead atoms. The first-order valence-electron chi connectivity index (χ1n) is 15.8. The summed E-state index contributed by atoms with van der Waals surface area (Å²) < 4.78 is 13.3. The van der Waals surface area contributed by atoms with Gasteiger partial charge in [-0.15, -0.1) is 11.8 Å². The fourth-order valence-electron chi connectivity index (χ4n) is 8.43. The third-order valence-electron chi connectivity index (χ3n) is 10.1. The molecule has 3 aromatic rings. The van der Waals surface area contributed by atoms with Crippen molar-refractivity contribution in [2.75, 3.05) is 11.1 Å². The summed E-state index contributed by atoms with van der Waals surface area (Å²) in [6.07, 6.45) is 6.61. The van der Waals surface area contributed by atoms with E-state index in [0.29, 0.717) is 0 Å². The number of thioether (sulfide) groups is 1. The van der Waals surface area contributed by atoms with Crippen molar-refractivity contribution >= 4 is 23.5 Å². The highest BCUT2D eigenvalue weighted by molar-refractivity contribution is 7.99. The van der Waals surface area contributed by atoms with Crippen molar-refractivity contribution in [3.05, 3.63) is 95.6 Å². The van der Waals surface area contributed by atoms with Crippen molar-refractivity contribution < 1.29 is 19.4 Å². The Morgan fingerprint density at radius 1 is 0.884 bits per heavy atom. The molecule has 1 saturated heterocycles. The molecule has 8 rings (SSSR count). The minimum atomic E-state index is -0.576. The summed E-state index contributed by atoms with van der Waals surface area (Å²) in [6, 6.07) is 26.2. The molecule has 4 atom stereocenters. The van der Waals surface area contributed by atoms with Gasteiger partial charge in [0.25, 0.3) is 0 Å². The monoisotopic (exact) mass is 598 g/mol. The molecule has 7 heteroatoms. The molecule has 226 valence electrons. The van der Waals surface area contributed by atoms with E-state index in [1.165, 1.54) is 24.2 Å². The van der Waals surface area contributed by atoms with E-state index in [9.17, 15) is 9.90 Å². The maximum Gasteiger partial charge on any atom is 0.319 e. The number of rotatable bonds is 8. The number of ether oxygens (including phenoxy) is 2. The van der Waals surface area contributed by atoms with Gasteiger partial charge in [0.15, 0.2) is 6.29 Å². The third kappa shape index (κ3) is 6.37. The van der Waals surface area contributed by atoms with Gasteiger partial charge in [0, 0.05) is 33.4 Å². The molecular weight excluding hydrogens is 556 g/mol. The number of amides is 2. The maximum atomic E-state index is 13.3. The van der Waals surface area contributed by atoms with Crippen LogP contribution in [0.15, 0.2) is 83.8 Å². The summed E-state index contributed by atoms with van der Waals surface area (Å²) in [5.74, 6) is 3.23. The summed E-state index contributed by atoms with van der Waals surface area (Å²) in [4.78, 5) is 14.5. The normalized spacial score (nSPS) is 32.8. The lowest BCUT2D eigenvalue weighted by atomic mass is 9.53. The molecule has 3 aromatic carbocycles. The molecule has 6 nitrogen and oxygen atoms in total. The van der Waals surface area contributed by atoms with E-state index in [2.05, 4.69) is 41.8 Å². The Kier molecular flexibility index (Phi) is 8.25. The van der Waals surface area contributed by atoms with Crippen LogP contribution in [0.1, 0.15) is 74.5 Å². The van der Waals surface area contributed by atoms with Gasteiger partial charge in [0.2, 0.25) is 0 Å². The lowest BCUT2D eigenvalue weighted by Crippen LogP contribution is -2.60. The van der Waals surface area contributed by atoms with E-state index in [1.54, 1.807) is 11.8 Å². The largest absolute Gasteiger partial charge is 0.392 e. The molecule has 2 amide bonds. The van der Waals surface area contributed by atoms with Crippen LogP contribution in [0.5, 0.6) is 0 Å². The summed E-state index contributed by atoms with van der Waals surface area (Å²) in [5.41, 5.74) is 3.53. The summed E-state index contributed by atoms with van der Waals surface area (Å²) >= 11 is 1.79. The van der Waals surface area contributed by atoms with Gasteiger partial charge < -0.3 is 25.2 Å². The Balaban J connectivity index is 1.07. The average molecular weight is 599 g/mol. The van der Waals surface area contributed by atoms with Gasteiger partial charge in [-0.25, -0.2) is 4.79 Å². The zero-order chi connectivity index (χ0) is 29.4. The molecule has 4 aliphatic carbocycles. The van der Waals surface area contributed by atoms with Crippen molar-refractivity contribution in [1.29, 1.82) is 0 Å². The highest BCUT2D eigenvalue weighted by Crippen LogP contribution is 2.55. The molecule has 5 aliphatic rings. The molecule has 4 unspecified atom stereocenters. The number of anilines is 1. The zero-order valence-electron chi connectivity index (χ0n) is 24.8. The van der Waals surface area contributed by atoms with Crippen LogP contribution in [0, 0.1) is 23.7 Å². The third-order valence-corrected chi connectivity index (χ3v) is 11.2. The van der Waals surface area contributed by atoms with Gasteiger partial charge in [-0.1, -0.05) is 61.5 Å².